The van der Waals surface area contributed by atoms with Crippen molar-refractivity contribution in [3.63, 3.8) is 0 Å². The lowest BCUT2D eigenvalue weighted by Gasteiger charge is -2.25. The van der Waals surface area contributed by atoms with E-state index in [2.05, 4.69) is 44.6 Å². The summed E-state index contributed by atoms with van der Waals surface area (Å²) in [5.41, 5.74) is 5.04. The number of aryl methyl sites for hydroxylation is 1. The molecule has 2 aromatic carbocycles. The Hall–Kier alpha value is -3.29. The second-order valence-corrected chi connectivity index (χ2v) is 8.88. The first-order valence-electron chi connectivity index (χ1n) is 10.3. The number of aromatic nitrogens is 3. The Labute approximate surface area is 185 Å². The van der Waals surface area contributed by atoms with E-state index in [-0.39, 0.29) is 5.91 Å². The van der Waals surface area contributed by atoms with Crippen molar-refractivity contribution in [1.29, 1.82) is 0 Å². The van der Waals surface area contributed by atoms with Crippen LogP contribution in [0.2, 0.25) is 0 Å². The van der Waals surface area contributed by atoms with Gasteiger partial charge in [0, 0.05) is 42.7 Å². The van der Waals surface area contributed by atoms with E-state index < -0.39 is 0 Å². The smallest absolute Gasteiger partial charge is 0.257 e. The van der Waals surface area contributed by atoms with Gasteiger partial charge in [0.15, 0.2) is 5.13 Å². The second-order valence-electron chi connectivity index (χ2n) is 7.80. The van der Waals surface area contributed by atoms with Crippen LogP contribution < -0.4 is 5.32 Å². The number of carbonyl (C=O) groups is 1. The first-order chi connectivity index (χ1) is 15.1. The quantitative estimate of drug-likeness (QED) is 0.509. The SMILES string of the molecule is Cc1cnn(-c2ccc(C(=O)Nc3nc4c(s3)CN(Cc3ccccc3)CC4)cc2)c1. The second kappa shape index (κ2) is 8.45. The van der Waals surface area contributed by atoms with E-state index in [1.165, 1.54) is 10.4 Å². The van der Waals surface area contributed by atoms with Gasteiger partial charge in [-0.3, -0.25) is 15.0 Å². The molecule has 0 aliphatic carbocycles. The summed E-state index contributed by atoms with van der Waals surface area (Å²) in [4.78, 5) is 21.0. The molecule has 5 rings (SSSR count). The van der Waals surface area contributed by atoms with E-state index >= 15 is 0 Å². The number of carbonyl (C=O) groups excluding carboxylic acids is 1. The summed E-state index contributed by atoms with van der Waals surface area (Å²) in [6, 6.07) is 17.9. The lowest BCUT2D eigenvalue weighted by atomic mass is 10.1. The van der Waals surface area contributed by atoms with Gasteiger partial charge < -0.3 is 0 Å². The van der Waals surface area contributed by atoms with Gasteiger partial charge in [0.05, 0.1) is 17.6 Å². The van der Waals surface area contributed by atoms with Crippen LogP contribution >= 0.6 is 11.3 Å². The molecule has 156 valence electrons. The fraction of sp³-hybridized carbons (Fsp3) is 0.208. The Morgan fingerprint density at radius 1 is 1.13 bits per heavy atom. The molecule has 3 heterocycles. The minimum absolute atomic E-state index is 0.143. The summed E-state index contributed by atoms with van der Waals surface area (Å²) in [5, 5.41) is 7.94. The molecule has 0 spiro atoms. The van der Waals surface area contributed by atoms with Crippen LogP contribution in [0.5, 0.6) is 0 Å². The summed E-state index contributed by atoms with van der Waals surface area (Å²) < 4.78 is 1.80. The van der Waals surface area contributed by atoms with Crippen molar-refractivity contribution in [3.8, 4) is 5.69 Å². The Balaban J connectivity index is 1.24. The van der Waals surface area contributed by atoms with Crippen molar-refractivity contribution in [3.05, 3.63) is 94.3 Å². The van der Waals surface area contributed by atoms with Crippen molar-refractivity contribution in [2.45, 2.75) is 26.4 Å². The summed E-state index contributed by atoms with van der Waals surface area (Å²) >= 11 is 1.58. The molecular formula is C24H23N5OS. The summed E-state index contributed by atoms with van der Waals surface area (Å²) in [7, 11) is 0. The number of nitrogens with zero attached hydrogens (tertiary/aromatic N) is 4. The fourth-order valence-corrected chi connectivity index (χ4v) is 4.81. The van der Waals surface area contributed by atoms with Crippen molar-refractivity contribution < 1.29 is 4.79 Å². The molecular weight excluding hydrogens is 406 g/mol. The minimum Gasteiger partial charge on any atom is -0.298 e. The van der Waals surface area contributed by atoms with Gasteiger partial charge >= 0.3 is 0 Å². The molecule has 0 radical (unpaired) electrons. The van der Waals surface area contributed by atoms with Gasteiger partial charge in [-0.05, 0) is 42.3 Å². The van der Waals surface area contributed by atoms with E-state index in [0.717, 1.165) is 43.0 Å². The lowest BCUT2D eigenvalue weighted by molar-refractivity contribution is 0.102. The van der Waals surface area contributed by atoms with Crippen LogP contribution in [0.25, 0.3) is 5.69 Å². The number of rotatable bonds is 5. The highest BCUT2D eigenvalue weighted by Crippen LogP contribution is 2.29. The van der Waals surface area contributed by atoms with Gasteiger partial charge in [-0.2, -0.15) is 5.10 Å². The highest BCUT2D eigenvalue weighted by Gasteiger charge is 2.21. The Bertz CT molecular complexity index is 1200. The van der Waals surface area contributed by atoms with Crippen molar-refractivity contribution in [1.82, 2.24) is 19.7 Å². The number of fused-ring (bicyclic) bond motifs is 1. The van der Waals surface area contributed by atoms with Crippen LogP contribution in [0, 0.1) is 6.92 Å². The highest BCUT2D eigenvalue weighted by molar-refractivity contribution is 7.15. The van der Waals surface area contributed by atoms with Crippen molar-refractivity contribution in [2.75, 3.05) is 11.9 Å². The number of amides is 1. The molecule has 6 nitrogen and oxygen atoms in total. The Morgan fingerprint density at radius 3 is 2.68 bits per heavy atom. The van der Waals surface area contributed by atoms with E-state index in [4.69, 9.17) is 0 Å². The summed E-state index contributed by atoms with van der Waals surface area (Å²) in [6.45, 7) is 4.78. The third kappa shape index (κ3) is 4.42. The van der Waals surface area contributed by atoms with Crippen LogP contribution in [-0.2, 0) is 19.5 Å². The average molecular weight is 430 g/mol. The van der Waals surface area contributed by atoms with E-state index in [0.29, 0.717) is 10.7 Å². The molecule has 0 saturated heterocycles. The fourth-order valence-electron chi connectivity index (χ4n) is 3.77. The summed E-state index contributed by atoms with van der Waals surface area (Å²) in [5.74, 6) is -0.143. The highest BCUT2D eigenvalue weighted by atomic mass is 32.1. The largest absolute Gasteiger partial charge is 0.298 e. The minimum atomic E-state index is -0.143. The van der Waals surface area contributed by atoms with Crippen LogP contribution in [0.3, 0.4) is 0 Å². The van der Waals surface area contributed by atoms with E-state index in [9.17, 15) is 4.79 Å². The number of anilines is 1. The Kier molecular flexibility index (Phi) is 5.36. The monoisotopic (exact) mass is 429 g/mol. The number of hydrogen-bond donors (Lipinski definition) is 1. The third-order valence-corrected chi connectivity index (χ3v) is 6.38. The van der Waals surface area contributed by atoms with E-state index in [1.807, 2.05) is 49.6 Å². The molecule has 0 unspecified atom stereocenters. The van der Waals surface area contributed by atoms with Crippen LogP contribution in [-0.4, -0.2) is 32.1 Å². The molecule has 1 N–H and O–H groups in total. The van der Waals surface area contributed by atoms with Crippen LogP contribution in [0.15, 0.2) is 67.0 Å². The molecule has 7 heteroatoms. The number of benzene rings is 2. The summed E-state index contributed by atoms with van der Waals surface area (Å²) in [6.07, 6.45) is 4.68. The first-order valence-corrected chi connectivity index (χ1v) is 11.1. The molecule has 1 aliphatic heterocycles. The maximum atomic E-state index is 12.7. The third-order valence-electron chi connectivity index (χ3n) is 5.39. The van der Waals surface area contributed by atoms with Crippen LogP contribution in [0.1, 0.15) is 32.1 Å². The predicted molar refractivity (Wildman–Crippen MR) is 123 cm³/mol. The molecule has 0 fully saturated rings. The average Bonchev–Trinajstić information content (AvgIpc) is 3.40. The zero-order valence-corrected chi connectivity index (χ0v) is 18.1. The standard InChI is InChI=1S/C24H23N5OS/c1-17-13-25-29(14-17)20-9-7-19(8-10-20)23(30)27-24-26-21-11-12-28(16-22(21)31-24)15-18-5-3-2-4-6-18/h2-10,13-14H,11-12,15-16H2,1H3,(H,26,27,30). The first kappa shape index (κ1) is 19.7. The number of hydrogen-bond acceptors (Lipinski definition) is 5. The van der Waals surface area contributed by atoms with E-state index in [1.54, 1.807) is 16.0 Å². The van der Waals surface area contributed by atoms with Gasteiger partial charge in [-0.15, -0.1) is 11.3 Å². The molecule has 31 heavy (non-hydrogen) atoms. The van der Waals surface area contributed by atoms with Gasteiger partial charge in [-0.25, -0.2) is 9.67 Å². The molecule has 0 atom stereocenters. The van der Waals surface area contributed by atoms with Crippen LogP contribution in [0.4, 0.5) is 5.13 Å². The maximum Gasteiger partial charge on any atom is 0.257 e. The zero-order valence-electron chi connectivity index (χ0n) is 17.3. The Morgan fingerprint density at radius 2 is 1.94 bits per heavy atom. The molecule has 0 bridgehead atoms. The van der Waals surface area contributed by atoms with Gasteiger partial charge in [0.25, 0.3) is 5.91 Å². The lowest BCUT2D eigenvalue weighted by Crippen LogP contribution is -2.29. The molecule has 0 saturated carbocycles. The van der Waals surface area contributed by atoms with Crippen molar-refractivity contribution >= 4 is 22.4 Å². The van der Waals surface area contributed by atoms with Gasteiger partial charge in [0.2, 0.25) is 0 Å². The number of nitrogens with one attached hydrogen (secondary N) is 1. The maximum absolute atomic E-state index is 12.7. The molecule has 2 aromatic heterocycles. The predicted octanol–water partition coefficient (Wildman–Crippen LogP) is 4.45. The van der Waals surface area contributed by atoms with Gasteiger partial charge in [-0.1, -0.05) is 30.3 Å². The zero-order chi connectivity index (χ0) is 21.2. The van der Waals surface area contributed by atoms with Gasteiger partial charge in [0.1, 0.15) is 0 Å². The number of thiazole rings is 1. The normalized spacial score (nSPS) is 13.7. The molecule has 4 aromatic rings. The van der Waals surface area contributed by atoms with Crippen molar-refractivity contribution in [2.24, 2.45) is 0 Å². The molecule has 1 amide bonds. The molecule has 1 aliphatic rings. The topological polar surface area (TPSA) is 63.1 Å².